The maximum atomic E-state index is 4.59. The largest absolute Gasteiger partial charge is 0.353 e. The summed E-state index contributed by atoms with van der Waals surface area (Å²) >= 11 is 1.75. The Morgan fingerprint density at radius 1 is 1.37 bits per heavy atom. The Morgan fingerprint density at radius 2 is 2.16 bits per heavy atom. The van der Waals surface area contributed by atoms with Crippen LogP contribution in [0, 0.1) is 12.8 Å². The van der Waals surface area contributed by atoms with Crippen LogP contribution in [0.3, 0.4) is 0 Å². The lowest BCUT2D eigenvalue weighted by Gasteiger charge is -2.16. The Labute approximate surface area is 119 Å². The van der Waals surface area contributed by atoms with Gasteiger partial charge in [-0.25, -0.2) is 4.98 Å². The van der Waals surface area contributed by atoms with Gasteiger partial charge in [0.05, 0.1) is 5.69 Å². The standard InChI is InChI=1S/C15H23N3S/c1-11(2)8-18-9-13(4)17-15(18)16-12(3)7-14-5-6-19-10-14/h5-6,9-12H,7-8H2,1-4H3,(H,16,17). The van der Waals surface area contributed by atoms with Gasteiger partial charge >= 0.3 is 0 Å². The van der Waals surface area contributed by atoms with Gasteiger partial charge in [0.25, 0.3) is 0 Å². The second kappa shape index (κ2) is 6.24. The van der Waals surface area contributed by atoms with Gasteiger partial charge in [-0.05, 0) is 48.6 Å². The molecule has 0 aliphatic rings. The molecule has 0 aliphatic carbocycles. The number of nitrogens with zero attached hydrogens (tertiary/aromatic N) is 2. The van der Waals surface area contributed by atoms with Crippen molar-refractivity contribution in [3.05, 3.63) is 34.3 Å². The summed E-state index contributed by atoms with van der Waals surface area (Å²) < 4.78 is 2.23. The molecule has 4 heteroatoms. The molecule has 104 valence electrons. The highest BCUT2D eigenvalue weighted by Gasteiger charge is 2.10. The van der Waals surface area contributed by atoms with Crippen molar-refractivity contribution in [2.24, 2.45) is 5.92 Å². The molecule has 0 aromatic carbocycles. The van der Waals surface area contributed by atoms with E-state index in [0.29, 0.717) is 12.0 Å². The van der Waals surface area contributed by atoms with Gasteiger partial charge in [-0.15, -0.1) is 0 Å². The van der Waals surface area contributed by atoms with E-state index in [9.17, 15) is 0 Å². The van der Waals surface area contributed by atoms with Crippen molar-refractivity contribution in [3.63, 3.8) is 0 Å². The maximum Gasteiger partial charge on any atom is 0.203 e. The average molecular weight is 277 g/mol. The Hall–Kier alpha value is -1.29. The van der Waals surface area contributed by atoms with Crippen molar-refractivity contribution < 1.29 is 0 Å². The Balaban J connectivity index is 2.01. The molecule has 2 rings (SSSR count). The second-order valence-electron chi connectivity index (χ2n) is 5.63. The van der Waals surface area contributed by atoms with E-state index in [4.69, 9.17) is 0 Å². The fourth-order valence-corrected chi connectivity index (χ4v) is 2.91. The van der Waals surface area contributed by atoms with Gasteiger partial charge in [0.15, 0.2) is 0 Å². The van der Waals surface area contributed by atoms with Crippen molar-refractivity contribution in [3.8, 4) is 0 Å². The molecule has 3 nitrogen and oxygen atoms in total. The van der Waals surface area contributed by atoms with Crippen molar-refractivity contribution >= 4 is 17.3 Å². The van der Waals surface area contributed by atoms with E-state index in [-0.39, 0.29) is 0 Å². The maximum absolute atomic E-state index is 4.59. The summed E-state index contributed by atoms with van der Waals surface area (Å²) in [5.74, 6) is 1.62. The van der Waals surface area contributed by atoms with Crippen LogP contribution in [0.4, 0.5) is 5.95 Å². The van der Waals surface area contributed by atoms with E-state index in [2.05, 4.69) is 58.7 Å². The van der Waals surface area contributed by atoms with Crippen LogP contribution in [0.25, 0.3) is 0 Å². The molecule has 0 bridgehead atoms. The first-order chi connectivity index (χ1) is 9.04. The van der Waals surface area contributed by atoms with Crippen molar-refractivity contribution in [1.29, 1.82) is 0 Å². The minimum atomic E-state index is 0.391. The van der Waals surface area contributed by atoms with Crippen LogP contribution in [0.2, 0.25) is 0 Å². The number of thiophene rings is 1. The number of nitrogens with one attached hydrogen (secondary N) is 1. The minimum Gasteiger partial charge on any atom is -0.353 e. The third-order valence-corrected chi connectivity index (χ3v) is 3.69. The lowest BCUT2D eigenvalue weighted by atomic mass is 10.1. The Bertz CT molecular complexity index is 499. The normalized spacial score (nSPS) is 12.9. The van der Waals surface area contributed by atoms with Gasteiger partial charge in [-0.1, -0.05) is 13.8 Å². The minimum absolute atomic E-state index is 0.391. The number of aryl methyl sites for hydroxylation is 1. The van der Waals surface area contributed by atoms with Crippen molar-refractivity contribution in [2.45, 2.75) is 46.7 Å². The lowest BCUT2D eigenvalue weighted by Crippen LogP contribution is -2.21. The first-order valence-electron chi connectivity index (χ1n) is 6.86. The van der Waals surface area contributed by atoms with Gasteiger partial charge < -0.3 is 9.88 Å². The van der Waals surface area contributed by atoms with Crippen LogP contribution in [0.15, 0.2) is 23.0 Å². The third kappa shape index (κ3) is 4.10. The molecule has 2 heterocycles. The first kappa shape index (κ1) is 14.1. The monoisotopic (exact) mass is 277 g/mol. The Kier molecular flexibility index (Phi) is 4.64. The average Bonchev–Trinajstić information content (AvgIpc) is 2.89. The molecule has 0 fully saturated rings. The van der Waals surface area contributed by atoms with E-state index in [1.807, 2.05) is 6.92 Å². The highest BCUT2D eigenvalue weighted by molar-refractivity contribution is 7.07. The van der Waals surface area contributed by atoms with Crippen LogP contribution >= 0.6 is 11.3 Å². The van der Waals surface area contributed by atoms with Gasteiger partial charge in [-0.3, -0.25) is 0 Å². The smallest absolute Gasteiger partial charge is 0.203 e. The number of imidazole rings is 1. The summed E-state index contributed by atoms with van der Waals surface area (Å²) in [7, 11) is 0. The van der Waals surface area contributed by atoms with Crippen LogP contribution in [0.5, 0.6) is 0 Å². The first-order valence-corrected chi connectivity index (χ1v) is 7.80. The molecule has 1 N–H and O–H groups in total. The molecule has 0 saturated heterocycles. The van der Waals surface area contributed by atoms with Gasteiger partial charge in [0.2, 0.25) is 5.95 Å². The zero-order valence-corrected chi connectivity index (χ0v) is 13.0. The molecular formula is C15H23N3S. The molecule has 0 radical (unpaired) electrons. The zero-order valence-electron chi connectivity index (χ0n) is 12.2. The molecule has 0 amide bonds. The van der Waals surface area contributed by atoms with Crippen LogP contribution in [-0.2, 0) is 13.0 Å². The predicted molar refractivity (Wildman–Crippen MR) is 82.9 cm³/mol. The molecule has 0 aliphatic heterocycles. The van der Waals surface area contributed by atoms with Gasteiger partial charge in [0.1, 0.15) is 0 Å². The SMILES string of the molecule is Cc1cn(CC(C)C)c(NC(C)Cc2ccsc2)n1. The molecule has 0 saturated carbocycles. The van der Waals surface area contributed by atoms with E-state index < -0.39 is 0 Å². The summed E-state index contributed by atoms with van der Waals surface area (Å²) in [6.45, 7) is 9.73. The molecule has 1 atom stereocenters. The molecule has 2 aromatic heterocycles. The molecule has 2 aromatic rings. The summed E-state index contributed by atoms with van der Waals surface area (Å²) in [5.41, 5.74) is 2.47. The summed E-state index contributed by atoms with van der Waals surface area (Å²) in [4.78, 5) is 4.59. The Morgan fingerprint density at radius 3 is 2.79 bits per heavy atom. The van der Waals surface area contributed by atoms with Crippen LogP contribution in [0.1, 0.15) is 32.0 Å². The highest BCUT2D eigenvalue weighted by atomic mass is 32.1. The number of anilines is 1. The number of rotatable bonds is 6. The summed E-state index contributed by atoms with van der Waals surface area (Å²) in [6, 6.07) is 2.58. The second-order valence-corrected chi connectivity index (χ2v) is 6.41. The number of aromatic nitrogens is 2. The topological polar surface area (TPSA) is 29.9 Å². The molecule has 0 spiro atoms. The van der Waals surface area contributed by atoms with E-state index >= 15 is 0 Å². The lowest BCUT2D eigenvalue weighted by molar-refractivity contribution is 0.524. The fraction of sp³-hybridized carbons (Fsp3) is 0.533. The molecular weight excluding hydrogens is 254 g/mol. The summed E-state index contributed by atoms with van der Waals surface area (Å²) in [5, 5.41) is 7.87. The van der Waals surface area contributed by atoms with Crippen molar-refractivity contribution in [1.82, 2.24) is 9.55 Å². The van der Waals surface area contributed by atoms with Crippen LogP contribution < -0.4 is 5.32 Å². The summed E-state index contributed by atoms with van der Waals surface area (Å²) in [6.07, 6.45) is 3.16. The van der Waals surface area contributed by atoms with Gasteiger partial charge in [-0.2, -0.15) is 11.3 Å². The highest BCUT2D eigenvalue weighted by Crippen LogP contribution is 2.15. The molecule has 1 unspecified atom stereocenters. The fourth-order valence-electron chi connectivity index (χ4n) is 2.23. The zero-order chi connectivity index (χ0) is 13.8. The van der Waals surface area contributed by atoms with Gasteiger partial charge in [0, 0.05) is 18.8 Å². The quantitative estimate of drug-likeness (QED) is 0.866. The third-order valence-electron chi connectivity index (χ3n) is 2.96. The van der Waals surface area contributed by atoms with E-state index in [0.717, 1.165) is 24.6 Å². The van der Waals surface area contributed by atoms with E-state index in [1.165, 1.54) is 5.56 Å². The van der Waals surface area contributed by atoms with Crippen LogP contribution in [-0.4, -0.2) is 15.6 Å². The molecule has 19 heavy (non-hydrogen) atoms. The predicted octanol–water partition coefficient (Wildman–Crippen LogP) is 3.95. The van der Waals surface area contributed by atoms with E-state index in [1.54, 1.807) is 11.3 Å². The number of hydrogen-bond donors (Lipinski definition) is 1. The number of hydrogen-bond acceptors (Lipinski definition) is 3. The van der Waals surface area contributed by atoms with Crippen molar-refractivity contribution in [2.75, 3.05) is 5.32 Å².